The van der Waals surface area contributed by atoms with Gasteiger partial charge in [0.15, 0.2) is 11.4 Å². The van der Waals surface area contributed by atoms with Gasteiger partial charge in [-0.3, -0.25) is 9.78 Å². The van der Waals surface area contributed by atoms with Crippen molar-refractivity contribution in [2.75, 3.05) is 18.6 Å². The lowest BCUT2D eigenvalue weighted by Crippen LogP contribution is -2.15. The number of ether oxygens (including phenoxy) is 1. The fourth-order valence-corrected chi connectivity index (χ4v) is 3.44. The van der Waals surface area contributed by atoms with E-state index in [0.29, 0.717) is 5.52 Å². The summed E-state index contributed by atoms with van der Waals surface area (Å²) in [5.41, 5.74) is 1.83. The number of hydrogen-bond donors (Lipinski definition) is 0. The standard InChI is InChI=1S/C14H12FN3S.C8H8O2/c1-18(9-10-3-2-6-16-8-10)14-17-12-7-11(15)4-5-13(12)19-14;9-6-7-10-8-4-2-1-3-5-8/h2-8H,9H2,1H3;1-6H,7H2. The molecule has 148 valence electrons. The molecule has 0 radical (unpaired) electrons. The lowest BCUT2D eigenvalue weighted by molar-refractivity contribution is -0.109. The Hall–Kier alpha value is -3.32. The second-order valence-electron chi connectivity index (χ2n) is 6.12. The Balaban J connectivity index is 0.000000204. The molecule has 0 spiro atoms. The van der Waals surface area contributed by atoms with E-state index in [-0.39, 0.29) is 12.4 Å². The van der Waals surface area contributed by atoms with E-state index in [1.54, 1.807) is 23.6 Å². The number of halogens is 1. The van der Waals surface area contributed by atoms with Crippen molar-refractivity contribution in [3.8, 4) is 5.75 Å². The summed E-state index contributed by atoms with van der Waals surface area (Å²) in [6.45, 7) is 0.861. The lowest BCUT2D eigenvalue weighted by atomic mass is 10.3. The van der Waals surface area contributed by atoms with Crippen LogP contribution in [0.3, 0.4) is 0 Å². The van der Waals surface area contributed by atoms with Crippen LogP contribution in [0.25, 0.3) is 10.2 Å². The summed E-state index contributed by atoms with van der Waals surface area (Å²) in [4.78, 5) is 20.4. The van der Waals surface area contributed by atoms with Crippen molar-refractivity contribution >= 4 is 33.0 Å². The quantitative estimate of drug-likeness (QED) is 0.431. The van der Waals surface area contributed by atoms with E-state index in [9.17, 15) is 9.18 Å². The number of pyridine rings is 1. The molecule has 0 aliphatic heterocycles. The van der Waals surface area contributed by atoms with Gasteiger partial charge in [-0.1, -0.05) is 35.6 Å². The van der Waals surface area contributed by atoms with Gasteiger partial charge in [0.05, 0.1) is 10.2 Å². The molecule has 0 fully saturated rings. The molecular formula is C22H20FN3O2S. The molecule has 2 heterocycles. The number of benzene rings is 2. The Labute approximate surface area is 172 Å². The minimum Gasteiger partial charge on any atom is -0.486 e. The van der Waals surface area contributed by atoms with E-state index in [0.717, 1.165) is 34.0 Å². The van der Waals surface area contributed by atoms with Crippen LogP contribution in [0.2, 0.25) is 0 Å². The van der Waals surface area contributed by atoms with Crippen molar-refractivity contribution in [1.29, 1.82) is 0 Å². The van der Waals surface area contributed by atoms with Crippen molar-refractivity contribution < 1.29 is 13.9 Å². The van der Waals surface area contributed by atoms with Gasteiger partial charge < -0.3 is 9.64 Å². The first-order chi connectivity index (χ1) is 14.2. The molecule has 29 heavy (non-hydrogen) atoms. The first-order valence-corrected chi connectivity index (χ1v) is 9.75. The van der Waals surface area contributed by atoms with Gasteiger partial charge in [0.1, 0.15) is 18.2 Å². The molecule has 4 rings (SSSR count). The average Bonchev–Trinajstić information content (AvgIpc) is 3.18. The number of hydrogen-bond acceptors (Lipinski definition) is 6. The van der Waals surface area contributed by atoms with Crippen LogP contribution in [0.4, 0.5) is 9.52 Å². The maximum absolute atomic E-state index is 13.1. The fraction of sp³-hybridized carbons (Fsp3) is 0.136. The van der Waals surface area contributed by atoms with Gasteiger partial charge in [-0.15, -0.1) is 0 Å². The average molecular weight is 409 g/mol. The van der Waals surface area contributed by atoms with E-state index in [4.69, 9.17) is 4.74 Å². The highest BCUT2D eigenvalue weighted by molar-refractivity contribution is 7.22. The molecule has 0 saturated heterocycles. The first kappa shape index (κ1) is 20.4. The zero-order chi connectivity index (χ0) is 20.5. The van der Waals surface area contributed by atoms with Crippen molar-refractivity contribution in [1.82, 2.24) is 9.97 Å². The number of rotatable bonds is 6. The van der Waals surface area contributed by atoms with E-state index < -0.39 is 0 Å². The SMILES string of the molecule is CN(Cc1cccnc1)c1nc2cc(F)ccc2s1.O=CCOc1ccccc1. The van der Waals surface area contributed by atoms with E-state index >= 15 is 0 Å². The summed E-state index contributed by atoms with van der Waals surface area (Å²) in [6.07, 6.45) is 4.32. The van der Waals surface area contributed by atoms with Crippen LogP contribution < -0.4 is 9.64 Å². The number of nitrogens with zero attached hydrogens (tertiary/aromatic N) is 3. The fourth-order valence-electron chi connectivity index (χ4n) is 2.53. The van der Waals surface area contributed by atoms with Crippen LogP contribution in [0.1, 0.15) is 5.56 Å². The molecule has 0 amide bonds. The number of aromatic nitrogens is 2. The predicted octanol–water partition coefficient (Wildman–Crippen LogP) is 4.73. The Morgan fingerprint density at radius 3 is 2.69 bits per heavy atom. The maximum Gasteiger partial charge on any atom is 0.186 e. The molecule has 0 unspecified atom stereocenters. The van der Waals surface area contributed by atoms with Gasteiger partial charge in [-0.05, 0) is 35.9 Å². The highest BCUT2D eigenvalue weighted by atomic mass is 32.1. The lowest BCUT2D eigenvalue weighted by Gasteiger charge is -2.14. The molecule has 0 atom stereocenters. The number of carbonyl (C=O) groups excluding carboxylic acids is 1. The van der Waals surface area contributed by atoms with Gasteiger partial charge in [0.25, 0.3) is 0 Å². The highest BCUT2D eigenvalue weighted by Crippen LogP contribution is 2.29. The molecule has 0 saturated carbocycles. The topological polar surface area (TPSA) is 55.3 Å². The Morgan fingerprint density at radius 1 is 1.14 bits per heavy atom. The van der Waals surface area contributed by atoms with Crippen molar-refractivity contribution in [2.45, 2.75) is 6.54 Å². The number of aldehydes is 1. The molecule has 0 N–H and O–H groups in total. The molecule has 4 aromatic rings. The molecule has 0 aliphatic rings. The molecule has 0 bridgehead atoms. The zero-order valence-corrected chi connectivity index (χ0v) is 16.7. The second-order valence-corrected chi connectivity index (χ2v) is 7.13. The smallest absolute Gasteiger partial charge is 0.186 e. The third-order valence-electron chi connectivity index (χ3n) is 3.87. The Kier molecular flexibility index (Phi) is 7.24. The van der Waals surface area contributed by atoms with Crippen LogP contribution >= 0.6 is 11.3 Å². The summed E-state index contributed by atoms with van der Waals surface area (Å²) in [5, 5.41) is 0.879. The number of para-hydroxylation sites is 1. The number of carbonyl (C=O) groups is 1. The van der Waals surface area contributed by atoms with Crippen molar-refractivity contribution in [2.24, 2.45) is 0 Å². The molecule has 5 nitrogen and oxygen atoms in total. The summed E-state index contributed by atoms with van der Waals surface area (Å²) in [6, 6.07) is 17.9. The number of thiazole rings is 1. The van der Waals surface area contributed by atoms with Crippen LogP contribution in [0.15, 0.2) is 73.1 Å². The molecule has 7 heteroatoms. The van der Waals surface area contributed by atoms with Crippen LogP contribution in [-0.2, 0) is 11.3 Å². The third kappa shape index (κ3) is 6.08. The number of fused-ring (bicyclic) bond motifs is 1. The van der Waals surface area contributed by atoms with E-state index in [1.165, 1.54) is 12.1 Å². The Morgan fingerprint density at radius 2 is 1.97 bits per heavy atom. The highest BCUT2D eigenvalue weighted by Gasteiger charge is 2.09. The van der Waals surface area contributed by atoms with Crippen molar-refractivity contribution in [3.05, 3.63) is 84.4 Å². The molecule has 0 aliphatic carbocycles. The van der Waals surface area contributed by atoms with Crippen LogP contribution in [0, 0.1) is 5.82 Å². The van der Waals surface area contributed by atoms with Gasteiger partial charge in [-0.2, -0.15) is 0 Å². The van der Waals surface area contributed by atoms with Gasteiger partial charge >= 0.3 is 0 Å². The van der Waals surface area contributed by atoms with E-state index in [1.807, 2.05) is 60.6 Å². The summed E-state index contributed by atoms with van der Waals surface area (Å²) >= 11 is 1.56. The van der Waals surface area contributed by atoms with Gasteiger partial charge in [0.2, 0.25) is 0 Å². The zero-order valence-electron chi connectivity index (χ0n) is 15.9. The first-order valence-electron chi connectivity index (χ1n) is 8.93. The predicted molar refractivity (Wildman–Crippen MR) is 114 cm³/mol. The molecule has 2 aromatic carbocycles. The summed E-state index contributed by atoms with van der Waals surface area (Å²) in [7, 11) is 1.97. The minimum absolute atomic E-state index is 0.129. The normalized spacial score (nSPS) is 10.1. The van der Waals surface area contributed by atoms with Gasteiger partial charge in [0, 0.05) is 32.1 Å². The molecular weight excluding hydrogens is 389 g/mol. The van der Waals surface area contributed by atoms with Crippen LogP contribution in [-0.4, -0.2) is 29.9 Å². The van der Waals surface area contributed by atoms with E-state index in [2.05, 4.69) is 9.97 Å². The monoisotopic (exact) mass is 409 g/mol. The summed E-state index contributed by atoms with van der Waals surface area (Å²) < 4.78 is 19.1. The third-order valence-corrected chi connectivity index (χ3v) is 5.02. The van der Waals surface area contributed by atoms with Crippen LogP contribution in [0.5, 0.6) is 5.75 Å². The minimum atomic E-state index is -0.251. The maximum atomic E-state index is 13.1. The second kappa shape index (κ2) is 10.3. The van der Waals surface area contributed by atoms with Gasteiger partial charge in [-0.25, -0.2) is 9.37 Å². The number of anilines is 1. The largest absolute Gasteiger partial charge is 0.486 e. The summed E-state index contributed by atoms with van der Waals surface area (Å²) in [5.74, 6) is 0.480. The Bertz CT molecular complexity index is 1040. The molecule has 2 aromatic heterocycles. The van der Waals surface area contributed by atoms with Crippen molar-refractivity contribution in [3.63, 3.8) is 0 Å².